The molecule has 0 fully saturated rings. The number of hydrogen-bond donors (Lipinski definition) is 2. The van der Waals surface area contributed by atoms with E-state index in [-0.39, 0.29) is 11.4 Å². The second kappa shape index (κ2) is 2.43. The number of carbonyl (C=O) groups excluding carboxylic acids is 1. The van der Waals surface area contributed by atoms with Crippen LogP contribution in [-0.4, -0.2) is 23.2 Å². The summed E-state index contributed by atoms with van der Waals surface area (Å²) in [7, 11) is 1.28. The summed E-state index contributed by atoms with van der Waals surface area (Å²) >= 11 is 0. The summed E-state index contributed by atoms with van der Waals surface area (Å²) in [5.41, 5.74) is 0.250. The monoisotopic (exact) mass is 141 g/mol. The predicted molar refractivity (Wildman–Crippen MR) is 33.8 cm³/mol. The second-order valence-corrected chi connectivity index (χ2v) is 1.76. The standard InChI is InChI=1S/C6H7NO3/c1-10-6(9)5-2-4(8)3-7-5/h2-3,7-8H,1H3. The Morgan fingerprint density at radius 1 is 1.80 bits per heavy atom. The Labute approximate surface area is 57.4 Å². The van der Waals surface area contributed by atoms with E-state index in [0.29, 0.717) is 0 Å². The van der Waals surface area contributed by atoms with E-state index in [1.54, 1.807) is 0 Å². The molecule has 1 rings (SSSR count). The van der Waals surface area contributed by atoms with E-state index in [9.17, 15) is 4.79 Å². The van der Waals surface area contributed by atoms with Crippen LogP contribution < -0.4 is 0 Å². The number of aromatic nitrogens is 1. The maximum absolute atomic E-state index is 10.7. The van der Waals surface area contributed by atoms with Crippen LogP contribution in [0.4, 0.5) is 0 Å². The van der Waals surface area contributed by atoms with Crippen LogP contribution in [-0.2, 0) is 4.74 Å². The maximum Gasteiger partial charge on any atom is 0.354 e. The molecular formula is C6H7NO3. The first-order valence-electron chi connectivity index (χ1n) is 2.69. The molecule has 0 atom stereocenters. The first kappa shape index (κ1) is 6.67. The van der Waals surface area contributed by atoms with Crippen molar-refractivity contribution in [2.45, 2.75) is 0 Å². The number of aromatic hydroxyl groups is 1. The van der Waals surface area contributed by atoms with Gasteiger partial charge < -0.3 is 14.8 Å². The van der Waals surface area contributed by atoms with Gasteiger partial charge in [0.2, 0.25) is 0 Å². The molecule has 54 valence electrons. The van der Waals surface area contributed by atoms with Gasteiger partial charge in [-0.3, -0.25) is 0 Å². The molecule has 1 heterocycles. The lowest BCUT2D eigenvalue weighted by atomic mass is 10.4. The van der Waals surface area contributed by atoms with Gasteiger partial charge in [-0.1, -0.05) is 0 Å². The fraction of sp³-hybridized carbons (Fsp3) is 0.167. The zero-order valence-electron chi connectivity index (χ0n) is 5.42. The van der Waals surface area contributed by atoms with Crippen molar-refractivity contribution < 1.29 is 14.6 Å². The van der Waals surface area contributed by atoms with Crippen LogP contribution in [0.15, 0.2) is 12.3 Å². The Morgan fingerprint density at radius 3 is 2.90 bits per heavy atom. The van der Waals surface area contributed by atoms with E-state index in [4.69, 9.17) is 5.11 Å². The zero-order valence-corrected chi connectivity index (χ0v) is 5.42. The lowest BCUT2D eigenvalue weighted by Crippen LogP contribution is -2.00. The molecule has 0 aliphatic rings. The quantitative estimate of drug-likeness (QED) is 0.560. The minimum atomic E-state index is -0.486. The summed E-state index contributed by atoms with van der Waals surface area (Å²) in [6, 6.07) is 1.30. The van der Waals surface area contributed by atoms with Gasteiger partial charge in [0.15, 0.2) is 0 Å². The molecule has 0 radical (unpaired) electrons. The fourth-order valence-electron chi connectivity index (χ4n) is 0.611. The molecular weight excluding hydrogens is 134 g/mol. The van der Waals surface area contributed by atoms with Crippen molar-refractivity contribution in [3.63, 3.8) is 0 Å². The van der Waals surface area contributed by atoms with Crippen molar-refractivity contribution in [2.24, 2.45) is 0 Å². The van der Waals surface area contributed by atoms with Crippen molar-refractivity contribution in [3.05, 3.63) is 18.0 Å². The summed E-state index contributed by atoms with van der Waals surface area (Å²) in [6.07, 6.45) is 1.31. The number of ether oxygens (including phenoxy) is 1. The van der Waals surface area contributed by atoms with Gasteiger partial charge in [0, 0.05) is 12.3 Å². The summed E-state index contributed by atoms with van der Waals surface area (Å²) in [4.78, 5) is 13.2. The van der Waals surface area contributed by atoms with Crippen LogP contribution in [0.25, 0.3) is 0 Å². The van der Waals surface area contributed by atoms with E-state index in [1.807, 2.05) is 0 Å². The Balaban J connectivity index is 2.85. The average molecular weight is 141 g/mol. The third-order valence-corrected chi connectivity index (χ3v) is 1.07. The average Bonchev–Trinajstić information content (AvgIpc) is 2.34. The highest BCUT2D eigenvalue weighted by molar-refractivity contribution is 5.87. The van der Waals surface area contributed by atoms with Gasteiger partial charge >= 0.3 is 5.97 Å². The highest BCUT2D eigenvalue weighted by Gasteiger charge is 2.06. The van der Waals surface area contributed by atoms with Crippen LogP contribution in [0.5, 0.6) is 5.75 Å². The zero-order chi connectivity index (χ0) is 7.56. The lowest BCUT2D eigenvalue weighted by molar-refractivity contribution is 0.0594. The van der Waals surface area contributed by atoms with E-state index in [1.165, 1.54) is 19.4 Å². The van der Waals surface area contributed by atoms with Gasteiger partial charge in [0.1, 0.15) is 11.4 Å². The molecule has 0 unspecified atom stereocenters. The molecule has 0 saturated heterocycles. The predicted octanol–water partition coefficient (Wildman–Crippen LogP) is 0.507. The summed E-state index contributed by atoms with van der Waals surface area (Å²) < 4.78 is 4.37. The Bertz CT molecular complexity index is 241. The van der Waals surface area contributed by atoms with E-state index >= 15 is 0 Å². The molecule has 4 nitrogen and oxygen atoms in total. The van der Waals surface area contributed by atoms with E-state index < -0.39 is 5.97 Å². The van der Waals surface area contributed by atoms with E-state index in [2.05, 4.69) is 9.72 Å². The van der Waals surface area contributed by atoms with Crippen molar-refractivity contribution in [3.8, 4) is 5.75 Å². The smallest absolute Gasteiger partial charge is 0.354 e. The molecule has 0 aliphatic heterocycles. The lowest BCUT2D eigenvalue weighted by Gasteiger charge is -1.91. The summed E-state index contributed by atoms with van der Waals surface area (Å²) in [5.74, 6) is -0.458. The number of hydrogen-bond acceptors (Lipinski definition) is 3. The highest BCUT2D eigenvalue weighted by Crippen LogP contribution is 2.09. The van der Waals surface area contributed by atoms with Crippen molar-refractivity contribution in [1.29, 1.82) is 0 Å². The van der Waals surface area contributed by atoms with Crippen molar-refractivity contribution in [2.75, 3.05) is 7.11 Å². The highest BCUT2D eigenvalue weighted by atomic mass is 16.5. The Morgan fingerprint density at radius 2 is 2.50 bits per heavy atom. The molecule has 1 aromatic heterocycles. The van der Waals surface area contributed by atoms with Gasteiger partial charge in [-0.05, 0) is 0 Å². The molecule has 10 heavy (non-hydrogen) atoms. The van der Waals surface area contributed by atoms with Gasteiger partial charge in [-0.15, -0.1) is 0 Å². The molecule has 0 saturated carbocycles. The number of esters is 1. The maximum atomic E-state index is 10.7. The fourth-order valence-corrected chi connectivity index (χ4v) is 0.611. The number of methoxy groups -OCH3 is 1. The number of H-pyrrole nitrogens is 1. The number of nitrogens with one attached hydrogen (secondary N) is 1. The van der Waals surface area contributed by atoms with Gasteiger partial charge in [0.05, 0.1) is 7.11 Å². The molecule has 2 N–H and O–H groups in total. The van der Waals surface area contributed by atoms with Gasteiger partial charge in [-0.2, -0.15) is 0 Å². The minimum Gasteiger partial charge on any atom is -0.506 e. The minimum absolute atomic E-state index is 0.0281. The molecule has 4 heteroatoms. The van der Waals surface area contributed by atoms with Crippen LogP contribution in [0.2, 0.25) is 0 Å². The number of carbonyl (C=O) groups is 1. The van der Waals surface area contributed by atoms with Crippen LogP contribution in [0.1, 0.15) is 10.5 Å². The third-order valence-electron chi connectivity index (χ3n) is 1.07. The molecule has 0 bridgehead atoms. The third kappa shape index (κ3) is 1.10. The Hall–Kier alpha value is -1.45. The molecule has 0 spiro atoms. The molecule has 0 amide bonds. The van der Waals surface area contributed by atoms with Gasteiger partial charge in [-0.25, -0.2) is 4.79 Å². The summed E-state index contributed by atoms with van der Waals surface area (Å²) in [5, 5.41) is 8.76. The van der Waals surface area contributed by atoms with Crippen LogP contribution in [0.3, 0.4) is 0 Å². The SMILES string of the molecule is COC(=O)c1cc(O)c[nH]1. The molecule has 0 aliphatic carbocycles. The second-order valence-electron chi connectivity index (χ2n) is 1.76. The van der Waals surface area contributed by atoms with Crippen LogP contribution in [0, 0.1) is 0 Å². The van der Waals surface area contributed by atoms with Crippen molar-refractivity contribution >= 4 is 5.97 Å². The molecule has 0 aromatic carbocycles. The Kier molecular flexibility index (Phi) is 1.62. The topological polar surface area (TPSA) is 62.3 Å². The number of rotatable bonds is 1. The first-order valence-corrected chi connectivity index (χ1v) is 2.69. The van der Waals surface area contributed by atoms with Crippen LogP contribution >= 0.6 is 0 Å². The first-order chi connectivity index (χ1) is 4.74. The summed E-state index contributed by atoms with van der Waals surface area (Å²) in [6.45, 7) is 0. The van der Waals surface area contributed by atoms with Gasteiger partial charge in [0.25, 0.3) is 0 Å². The van der Waals surface area contributed by atoms with Crippen molar-refractivity contribution in [1.82, 2.24) is 4.98 Å². The van der Waals surface area contributed by atoms with E-state index in [0.717, 1.165) is 0 Å². The number of aromatic amines is 1. The largest absolute Gasteiger partial charge is 0.506 e. The molecule has 1 aromatic rings. The normalized spacial score (nSPS) is 9.30.